The molecule has 0 spiro atoms. The molecule has 0 amide bonds. The van der Waals surface area contributed by atoms with Gasteiger partial charge in [-0.25, -0.2) is 4.21 Å². The Morgan fingerprint density at radius 1 is 1.00 bits per heavy atom. The van der Waals surface area contributed by atoms with Crippen molar-refractivity contribution in [1.82, 2.24) is 0 Å². The highest BCUT2D eigenvalue weighted by Crippen LogP contribution is 2.23. The fourth-order valence-corrected chi connectivity index (χ4v) is 4.07. The van der Waals surface area contributed by atoms with Gasteiger partial charge in [-0.2, -0.15) is 0 Å². The molecule has 2 rings (SSSR count). The van der Waals surface area contributed by atoms with Gasteiger partial charge >= 0.3 is 0 Å². The Balaban J connectivity index is 2.34. The molecule has 0 aromatic carbocycles. The Hall–Kier alpha value is -0.450. The fraction of sp³-hybridized carbons (Fsp3) is 0. The van der Waals surface area contributed by atoms with Crippen LogP contribution in [0.1, 0.15) is 0 Å². The molecule has 0 saturated carbocycles. The quantitative estimate of drug-likeness (QED) is 0.751. The van der Waals surface area contributed by atoms with Gasteiger partial charge in [0.25, 0.3) is 0 Å². The number of rotatable bonds is 2. The molecule has 4 heteroatoms. The van der Waals surface area contributed by atoms with E-state index in [4.69, 9.17) is 0 Å². The Kier molecular flexibility index (Phi) is 2.39. The number of hydrogen-bond acceptors (Lipinski definition) is 3. The number of thiophene rings is 2. The molecule has 0 unspecified atom stereocenters. The lowest BCUT2D eigenvalue weighted by Crippen LogP contribution is -1.83. The third-order valence-electron chi connectivity index (χ3n) is 1.36. The average Bonchev–Trinajstić information content (AvgIpc) is 2.77. The molecule has 2 heterocycles. The Morgan fingerprint density at radius 3 is 1.83 bits per heavy atom. The Labute approximate surface area is 81.1 Å². The average molecular weight is 214 g/mol. The van der Waals surface area contributed by atoms with Crippen molar-refractivity contribution in [3.05, 3.63) is 35.0 Å². The summed E-state index contributed by atoms with van der Waals surface area (Å²) in [6.45, 7) is 0. The lowest BCUT2D eigenvalue weighted by atomic mass is 10.7. The molecular formula is C8H6OS3. The van der Waals surface area contributed by atoms with Crippen LogP contribution in [0.4, 0.5) is 0 Å². The molecule has 0 saturated heterocycles. The second-order valence-corrected chi connectivity index (χ2v) is 5.96. The lowest BCUT2D eigenvalue weighted by molar-refractivity contribution is 0.686. The second kappa shape index (κ2) is 3.51. The van der Waals surface area contributed by atoms with E-state index in [2.05, 4.69) is 0 Å². The zero-order valence-corrected chi connectivity index (χ0v) is 8.55. The highest BCUT2D eigenvalue weighted by molar-refractivity contribution is 7.89. The molecule has 0 aliphatic rings. The number of hydrogen-bond donors (Lipinski definition) is 0. The van der Waals surface area contributed by atoms with Crippen molar-refractivity contribution in [2.45, 2.75) is 8.42 Å². The molecule has 0 N–H and O–H groups in total. The van der Waals surface area contributed by atoms with E-state index >= 15 is 0 Å². The van der Waals surface area contributed by atoms with Crippen LogP contribution in [0, 0.1) is 0 Å². The van der Waals surface area contributed by atoms with Crippen molar-refractivity contribution >= 4 is 33.5 Å². The lowest BCUT2D eigenvalue weighted by Gasteiger charge is -1.91. The van der Waals surface area contributed by atoms with Crippen LogP contribution in [0.15, 0.2) is 43.4 Å². The van der Waals surface area contributed by atoms with Gasteiger partial charge in [-0.05, 0) is 22.9 Å². The SMILES string of the molecule is O=S(c1cccs1)c1cccs1. The minimum atomic E-state index is -0.948. The van der Waals surface area contributed by atoms with Crippen molar-refractivity contribution < 1.29 is 4.21 Å². The Morgan fingerprint density at radius 2 is 1.50 bits per heavy atom. The van der Waals surface area contributed by atoms with Crippen molar-refractivity contribution in [3.63, 3.8) is 0 Å². The molecule has 0 aliphatic carbocycles. The van der Waals surface area contributed by atoms with Crippen molar-refractivity contribution in [1.29, 1.82) is 0 Å². The first kappa shape index (κ1) is 8.16. The van der Waals surface area contributed by atoms with E-state index in [0.29, 0.717) is 0 Å². The zero-order valence-electron chi connectivity index (χ0n) is 6.10. The summed E-state index contributed by atoms with van der Waals surface area (Å²) in [5, 5.41) is 3.89. The van der Waals surface area contributed by atoms with Crippen molar-refractivity contribution in [2.24, 2.45) is 0 Å². The standard InChI is InChI=1S/C8H6OS3/c9-12(7-3-1-5-10-7)8-4-2-6-11-8/h1-6H. The van der Waals surface area contributed by atoms with E-state index in [1.165, 1.54) is 22.7 Å². The predicted molar refractivity (Wildman–Crippen MR) is 53.3 cm³/mol. The molecule has 62 valence electrons. The predicted octanol–water partition coefficient (Wildman–Crippen LogP) is 2.98. The summed E-state index contributed by atoms with van der Waals surface area (Å²) in [6, 6.07) is 7.65. The van der Waals surface area contributed by atoms with Crippen LogP contribution >= 0.6 is 22.7 Å². The van der Waals surface area contributed by atoms with Crippen LogP contribution in [-0.2, 0) is 10.8 Å². The first-order valence-corrected chi connectivity index (χ1v) is 6.27. The second-order valence-electron chi connectivity index (χ2n) is 2.13. The molecule has 0 fully saturated rings. The minimum Gasteiger partial charge on any atom is -0.247 e. The minimum absolute atomic E-state index is 0.928. The molecule has 0 radical (unpaired) electrons. The maximum Gasteiger partial charge on any atom is 0.105 e. The molecule has 12 heavy (non-hydrogen) atoms. The molecule has 1 nitrogen and oxygen atoms in total. The van der Waals surface area contributed by atoms with E-state index in [1.807, 2.05) is 35.0 Å². The van der Waals surface area contributed by atoms with E-state index in [9.17, 15) is 4.21 Å². The van der Waals surface area contributed by atoms with Crippen LogP contribution in [0.5, 0.6) is 0 Å². The van der Waals surface area contributed by atoms with Crippen LogP contribution in [-0.4, -0.2) is 4.21 Å². The van der Waals surface area contributed by atoms with Gasteiger partial charge in [0, 0.05) is 0 Å². The fourth-order valence-electron chi connectivity index (χ4n) is 0.837. The summed E-state index contributed by atoms with van der Waals surface area (Å²) in [5.74, 6) is 0. The van der Waals surface area contributed by atoms with Gasteiger partial charge in [0.1, 0.15) is 10.8 Å². The molecule has 0 aliphatic heterocycles. The first-order chi connectivity index (χ1) is 5.88. The summed E-state index contributed by atoms with van der Waals surface area (Å²) >= 11 is 3.07. The smallest absolute Gasteiger partial charge is 0.105 e. The van der Waals surface area contributed by atoms with Crippen LogP contribution < -0.4 is 0 Å². The maximum atomic E-state index is 11.7. The summed E-state index contributed by atoms with van der Waals surface area (Å²) in [7, 11) is -0.948. The largest absolute Gasteiger partial charge is 0.247 e. The van der Waals surface area contributed by atoms with Gasteiger partial charge in [-0.15, -0.1) is 22.7 Å². The van der Waals surface area contributed by atoms with Gasteiger partial charge in [-0.1, -0.05) is 12.1 Å². The van der Waals surface area contributed by atoms with Gasteiger partial charge in [0.05, 0.1) is 8.42 Å². The van der Waals surface area contributed by atoms with Gasteiger partial charge < -0.3 is 0 Å². The first-order valence-electron chi connectivity index (χ1n) is 3.37. The third kappa shape index (κ3) is 1.50. The normalized spacial score (nSPS) is 10.8. The molecule has 0 atom stereocenters. The van der Waals surface area contributed by atoms with Gasteiger partial charge in [0.2, 0.25) is 0 Å². The van der Waals surface area contributed by atoms with E-state index in [-0.39, 0.29) is 0 Å². The summed E-state index contributed by atoms with van der Waals surface area (Å²) < 4.78 is 13.6. The monoisotopic (exact) mass is 214 g/mol. The molecule has 2 aromatic rings. The highest BCUT2D eigenvalue weighted by Gasteiger charge is 2.07. The summed E-state index contributed by atoms with van der Waals surface area (Å²) in [4.78, 5) is 0. The maximum absolute atomic E-state index is 11.7. The van der Waals surface area contributed by atoms with Crippen LogP contribution in [0.3, 0.4) is 0 Å². The van der Waals surface area contributed by atoms with Crippen LogP contribution in [0.2, 0.25) is 0 Å². The van der Waals surface area contributed by atoms with Gasteiger partial charge in [-0.3, -0.25) is 0 Å². The van der Waals surface area contributed by atoms with E-state index in [0.717, 1.165) is 8.42 Å². The van der Waals surface area contributed by atoms with Gasteiger partial charge in [0.15, 0.2) is 0 Å². The zero-order chi connectivity index (χ0) is 8.39. The van der Waals surface area contributed by atoms with Crippen molar-refractivity contribution in [2.75, 3.05) is 0 Å². The summed E-state index contributed by atoms with van der Waals surface area (Å²) in [6.07, 6.45) is 0. The molecule has 0 bridgehead atoms. The Bertz CT molecular complexity index is 325. The van der Waals surface area contributed by atoms with Crippen LogP contribution in [0.25, 0.3) is 0 Å². The van der Waals surface area contributed by atoms with E-state index < -0.39 is 10.8 Å². The van der Waals surface area contributed by atoms with E-state index in [1.54, 1.807) is 0 Å². The summed E-state index contributed by atoms with van der Waals surface area (Å²) in [5.41, 5.74) is 0. The molecular weight excluding hydrogens is 208 g/mol. The topological polar surface area (TPSA) is 17.1 Å². The van der Waals surface area contributed by atoms with Crippen molar-refractivity contribution in [3.8, 4) is 0 Å². The third-order valence-corrected chi connectivity index (χ3v) is 5.17. The highest BCUT2D eigenvalue weighted by atomic mass is 32.2. The molecule has 2 aromatic heterocycles.